The van der Waals surface area contributed by atoms with Crippen molar-refractivity contribution < 1.29 is 14.6 Å². The number of fused-ring (bicyclic) bond motifs is 1. The molecule has 2 saturated heterocycles. The predicted octanol–water partition coefficient (Wildman–Crippen LogP) is 2.64. The Labute approximate surface area is 145 Å². The average Bonchev–Trinajstić information content (AvgIpc) is 2.92. The molecule has 1 N–H and O–H groups in total. The number of rotatable bonds is 5. The second-order valence-electron chi connectivity index (χ2n) is 7.71. The van der Waals surface area contributed by atoms with Gasteiger partial charge in [-0.1, -0.05) is 13.8 Å². The van der Waals surface area contributed by atoms with Crippen LogP contribution in [0.2, 0.25) is 0 Å². The molecule has 24 heavy (non-hydrogen) atoms. The third kappa shape index (κ3) is 2.92. The second-order valence-corrected chi connectivity index (χ2v) is 7.71. The van der Waals surface area contributed by atoms with Crippen molar-refractivity contribution in [3.05, 3.63) is 12.5 Å². The van der Waals surface area contributed by atoms with Crippen molar-refractivity contribution in [1.82, 2.24) is 9.80 Å². The van der Waals surface area contributed by atoms with Gasteiger partial charge in [0.2, 0.25) is 0 Å². The summed E-state index contributed by atoms with van der Waals surface area (Å²) in [6.07, 6.45) is 3.77. The molecule has 0 bridgehead atoms. The highest BCUT2D eigenvalue weighted by Crippen LogP contribution is 2.57. The van der Waals surface area contributed by atoms with E-state index in [-0.39, 0.29) is 5.92 Å². The van der Waals surface area contributed by atoms with Crippen LogP contribution in [0.5, 0.6) is 0 Å². The molecule has 2 aliphatic heterocycles. The predicted molar refractivity (Wildman–Crippen MR) is 93.4 cm³/mol. The molecular weight excluding hydrogens is 304 g/mol. The molecule has 0 aromatic rings. The first-order valence-electron chi connectivity index (χ1n) is 9.56. The van der Waals surface area contributed by atoms with Crippen molar-refractivity contribution in [2.24, 2.45) is 23.2 Å². The van der Waals surface area contributed by atoms with E-state index in [1.165, 1.54) is 19.3 Å². The summed E-state index contributed by atoms with van der Waals surface area (Å²) in [5, 5.41) is 9.10. The highest BCUT2D eigenvalue weighted by atomic mass is 16.5. The molecule has 4 aliphatic rings. The van der Waals surface area contributed by atoms with Gasteiger partial charge in [-0.3, -0.25) is 9.69 Å². The van der Waals surface area contributed by atoms with E-state index in [1.54, 1.807) is 0 Å². The van der Waals surface area contributed by atoms with Crippen LogP contribution in [-0.2, 0) is 9.53 Å². The topological polar surface area (TPSA) is 53.0 Å². The molecule has 2 heterocycles. The quantitative estimate of drug-likeness (QED) is 0.782. The summed E-state index contributed by atoms with van der Waals surface area (Å²) in [6, 6.07) is 0.683. The van der Waals surface area contributed by atoms with E-state index in [4.69, 9.17) is 9.84 Å². The van der Waals surface area contributed by atoms with Crippen molar-refractivity contribution in [1.29, 1.82) is 0 Å². The fourth-order valence-electron chi connectivity index (χ4n) is 5.16. The van der Waals surface area contributed by atoms with E-state index < -0.39 is 5.97 Å². The van der Waals surface area contributed by atoms with E-state index in [9.17, 15) is 4.79 Å². The molecule has 4 rings (SSSR count). The van der Waals surface area contributed by atoms with Crippen LogP contribution in [0, 0.1) is 23.2 Å². The van der Waals surface area contributed by atoms with Gasteiger partial charge in [0, 0.05) is 32.2 Å². The number of carboxylic acid groups (broad SMARTS) is 1. The molecule has 4 fully saturated rings. The van der Waals surface area contributed by atoms with Gasteiger partial charge >= 0.3 is 5.97 Å². The average molecular weight is 336 g/mol. The second kappa shape index (κ2) is 6.58. The number of hydrogen-bond donors (Lipinski definition) is 1. The lowest BCUT2D eigenvalue weighted by molar-refractivity contribution is -0.139. The Balaban J connectivity index is 0.000000815. The molecule has 0 radical (unpaired) electrons. The van der Waals surface area contributed by atoms with Crippen LogP contribution in [0.3, 0.4) is 0 Å². The zero-order chi connectivity index (χ0) is 17.5. The Morgan fingerprint density at radius 3 is 2.46 bits per heavy atom. The molecule has 136 valence electrons. The number of hydrogen-bond acceptors (Lipinski definition) is 4. The lowest BCUT2D eigenvalue weighted by Crippen LogP contribution is -2.52. The molecule has 0 aromatic heterocycles. The molecule has 0 aromatic carbocycles. The molecule has 0 amide bonds. The summed E-state index contributed by atoms with van der Waals surface area (Å²) in [4.78, 5) is 15.9. The van der Waals surface area contributed by atoms with Gasteiger partial charge in [-0.2, -0.15) is 0 Å². The number of likely N-dealkylation sites (tertiary alicyclic amines) is 2. The van der Waals surface area contributed by atoms with Crippen molar-refractivity contribution in [3.63, 3.8) is 0 Å². The van der Waals surface area contributed by atoms with Gasteiger partial charge in [0.05, 0.1) is 12.5 Å². The number of carboxylic acids is 1. The number of carbonyl (C=O) groups is 1. The molecule has 2 unspecified atom stereocenters. The standard InChI is InChI=1S/C17H26N2O3.C2H6/c1-3-22-11(2)18-5-4-17(10-18)6-12(7-17)19-8-13-14(9-19)15(13)16(20)21;1-2/h12-15H,2-10H2,1H3,(H,20,21);1-2H3. The summed E-state index contributed by atoms with van der Waals surface area (Å²) < 4.78 is 5.53. The number of ether oxygens (including phenoxy) is 1. The van der Waals surface area contributed by atoms with Gasteiger partial charge in [-0.25, -0.2) is 0 Å². The van der Waals surface area contributed by atoms with Crippen molar-refractivity contribution in [3.8, 4) is 0 Å². The van der Waals surface area contributed by atoms with E-state index >= 15 is 0 Å². The third-order valence-corrected chi connectivity index (χ3v) is 6.46. The van der Waals surface area contributed by atoms with E-state index in [1.807, 2.05) is 20.8 Å². The highest BCUT2D eigenvalue weighted by Gasteiger charge is 2.62. The molecule has 2 saturated carbocycles. The van der Waals surface area contributed by atoms with Gasteiger partial charge in [-0.05, 0) is 50.0 Å². The van der Waals surface area contributed by atoms with Gasteiger partial charge < -0.3 is 14.7 Å². The van der Waals surface area contributed by atoms with Crippen LogP contribution in [0.25, 0.3) is 0 Å². The number of aliphatic carboxylic acids is 1. The highest BCUT2D eigenvalue weighted by molar-refractivity contribution is 5.74. The lowest BCUT2D eigenvalue weighted by atomic mass is 9.64. The van der Waals surface area contributed by atoms with Crippen LogP contribution >= 0.6 is 0 Å². The van der Waals surface area contributed by atoms with Gasteiger partial charge in [0.1, 0.15) is 0 Å². The maximum Gasteiger partial charge on any atom is 0.307 e. The third-order valence-electron chi connectivity index (χ3n) is 6.46. The summed E-state index contributed by atoms with van der Waals surface area (Å²) in [7, 11) is 0. The Morgan fingerprint density at radius 1 is 1.29 bits per heavy atom. The maximum atomic E-state index is 11.0. The fraction of sp³-hybridized carbons (Fsp3) is 0.842. The summed E-state index contributed by atoms with van der Waals surface area (Å²) in [6.45, 7) is 14.9. The van der Waals surface area contributed by atoms with Gasteiger partial charge in [0.15, 0.2) is 5.88 Å². The number of nitrogens with zero attached hydrogens (tertiary/aromatic N) is 2. The molecule has 5 heteroatoms. The van der Waals surface area contributed by atoms with E-state index in [0.29, 0.717) is 29.9 Å². The first-order chi connectivity index (χ1) is 11.5. The normalized spacial score (nSPS) is 39.7. The zero-order valence-corrected chi connectivity index (χ0v) is 15.3. The Hall–Kier alpha value is -1.23. The van der Waals surface area contributed by atoms with Crippen LogP contribution < -0.4 is 0 Å². The largest absolute Gasteiger partial charge is 0.481 e. The van der Waals surface area contributed by atoms with Gasteiger partial charge in [-0.15, -0.1) is 0 Å². The zero-order valence-electron chi connectivity index (χ0n) is 15.3. The minimum Gasteiger partial charge on any atom is -0.481 e. The first kappa shape index (κ1) is 17.6. The van der Waals surface area contributed by atoms with E-state index in [0.717, 1.165) is 32.1 Å². The fourth-order valence-corrected chi connectivity index (χ4v) is 5.16. The lowest BCUT2D eigenvalue weighted by Gasteiger charge is -2.49. The summed E-state index contributed by atoms with van der Waals surface area (Å²) >= 11 is 0. The molecular formula is C19H32N2O3. The maximum absolute atomic E-state index is 11.0. The minimum absolute atomic E-state index is 0.0400. The Morgan fingerprint density at radius 2 is 1.92 bits per heavy atom. The summed E-state index contributed by atoms with van der Waals surface area (Å²) in [5.41, 5.74) is 0.462. The monoisotopic (exact) mass is 336 g/mol. The minimum atomic E-state index is -0.583. The van der Waals surface area contributed by atoms with Crippen molar-refractivity contribution >= 4 is 5.97 Å². The van der Waals surface area contributed by atoms with Crippen LogP contribution in [-0.4, -0.2) is 59.7 Å². The Bertz CT molecular complexity index is 489. The molecule has 1 spiro atoms. The SMILES string of the molecule is C=C(OCC)N1CCC2(CC(N3CC4C(C3)C4C(=O)O)C2)C1.CC. The Kier molecular flexibility index (Phi) is 4.82. The van der Waals surface area contributed by atoms with Crippen LogP contribution in [0.4, 0.5) is 0 Å². The van der Waals surface area contributed by atoms with Crippen molar-refractivity contribution in [2.75, 3.05) is 32.8 Å². The first-order valence-corrected chi connectivity index (χ1v) is 9.56. The van der Waals surface area contributed by atoms with Crippen LogP contribution in [0.15, 0.2) is 12.5 Å². The molecule has 5 nitrogen and oxygen atoms in total. The van der Waals surface area contributed by atoms with Gasteiger partial charge in [0.25, 0.3) is 0 Å². The molecule has 2 aliphatic carbocycles. The van der Waals surface area contributed by atoms with Crippen molar-refractivity contribution in [2.45, 2.75) is 46.1 Å². The number of piperidine rings is 1. The van der Waals surface area contributed by atoms with E-state index in [2.05, 4.69) is 16.4 Å². The van der Waals surface area contributed by atoms with Crippen LogP contribution in [0.1, 0.15) is 40.0 Å². The smallest absolute Gasteiger partial charge is 0.307 e. The summed E-state index contributed by atoms with van der Waals surface area (Å²) in [5.74, 6) is 1.08. The molecule has 2 atom stereocenters.